The normalized spacial score (nSPS) is 11.7. The third kappa shape index (κ3) is 3.50. The number of fused-ring (bicyclic) bond motifs is 1. The highest BCUT2D eigenvalue weighted by Crippen LogP contribution is 2.18. The van der Waals surface area contributed by atoms with Crippen LogP contribution >= 0.6 is 0 Å². The van der Waals surface area contributed by atoms with E-state index in [-0.39, 0.29) is 11.7 Å². The average molecular weight is 275 g/mol. The fourth-order valence-corrected chi connectivity index (χ4v) is 1.86. The average Bonchev–Trinajstić information content (AvgIpc) is 2.90. The Labute approximate surface area is 116 Å². The Morgan fingerprint density at radius 3 is 2.90 bits per heavy atom. The fraction of sp³-hybridized carbons (Fsp3) is 0.286. The molecule has 0 saturated carbocycles. The lowest BCUT2D eigenvalue weighted by molar-refractivity contribution is 0.0927. The van der Waals surface area contributed by atoms with Gasteiger partial charge in [-0.2, -0.15) is 0 Å². The van der Waals surface area contributed by atoms with Gasteiger partial charge in [0.05, 0.1) is 0 Å². The van der Waals surface area contributed by atoms with E-state index in [0.29, 0.717) is 24.3 Å². The number of hydrogen-bond donors (Lipinski definition) is 3. The molecule has 106 valence electrons. The van der Waals surface area contributed by atoms with Crippen LogP contribution in [-0.2, 0) is 0 Å². The summed E-state index contributed by atoms with van der Waals surface area (Å²) in [5.41, 5.74) is 6.05. The van der Waals surface area contributed by atoms with E-state index in [1.54, 1.807) is 6.07 Å². The van der Waals surface area contributed by atoms with E-state index in [4.69, 9.17) is 15.4 Å². The van der Waals surface area contributed by atoms with Crippen LogP contribution in [0.5, 0.6) is 0 Å². The highest BCUT2D eigenvalue weighted by atomic mass is 16.4. The summed E-state index contributed by atoms with van der Waals surface area (Å²) in [7, 11) is 0. The zero-order chi connectivity index (χ0) is 14.4. The van der Waals surface area contributed by atoms with Gasteiger partial charge in [-0.1, -0.05) is 23.4 Å². The minimum Gasteiger partial charge on any atom is -0.451 e. The number of amidine groups is 1. The Bertz CT molecular complexity index is 586. The molecule has 0 fully saturated rings. The van der Waals surface area contributed by atoms with Gasteiger partial charge in [-0.15, -0.1) is 0 Å². The van der Waals surface area contributed by atoms with Crippen LogP contribution in [0.1, 0.15) is 29.8 Å². The second kappa shape index (κ2) is 6.60. The number of hydrogen-bond acceptors (Lipinski definition) is 4. The summed E-state index contributed by atoms with van der Waals surface area (Å²) in [6.45, 7) is 0.522. The molecule has 0 saturated heterocycles. The van der Waals surface area contributed by atoms with Crippen LogP contribution in [0.2, 0.25) is 0 Å². The number of benzene rings is 1. The number of carbonyl (C=O) groups is 1. The summed E-state index contributed by atoms with van der Waals surface area (Å²) in [5, 5.41) is 14.9. The zero-order valence-electron chi connectivity index (χ0n) is 11.0. The standard InChI is InChI=1S/C14H17N3O3/c15-13(17-19)7-3-4-8-16-14(18)12-9-10-5-1-2-6-11(10)20-12/h1-2,5-6,9,19H,3-4,7-8H2,(H2,15,17)(H,16,18). The van der Waals surface area contributed by atoms with Crippen molar-refractivity contribution in [1.82, 2.24) is 5.32 Å². The van der Waals surface area contributed by atoms with Crippen LogP contribution in [0.15, 0.2) is 39.9 Å². The van der Waals surface area contributed by atoms with Crippen molar-refractivity contribution in [3.8, 4) is 0 Å². The number of furan rings is 1. The Kier molecular flexibility index (Phi) is 4.60. The van der Waals surface area contributed by atoms with Gasteiger partial charge in [-0.05, 0) is 25.0 Å². The highest BCUT2D eigenvalue weighted by Gasteiger charge is 2.10. The molecule has 0 unspecified atom stereocenters. The molecule has 20 heavy (non-hydrogen) atoms. The van der Waals surface area contributed by atoms with Gasteiger partial charge >= 0.3 is 0 Å². The Morgan fingerprint density at radius 1 is 1.35 bits per heavy atom. The van der Waals surface area contributed by atoms with E-state index in [2.05, 4.69) is 10.5 Å². The molecule has 0 bridgehead atoms. The lowest BCUT2D eigenvalue weighted by Gasteiger charge is -2.02. The molecule has 6 heteroatoms. The number of oxime groups is 1. The number of nitrogens with two attached hydrogens (primary N) is 1. The summed E-state index contributed by atoms with van der Waals surface area (Å²) >= 11 is 0. The van der Waals surface area contributed by atoms with E-state index in [1.807, 2.05) is 24.3 Å². The van der Waals surface area contributed by atoms with Gasteiger partial charge in [0.2, 0.25) is 0 Å². The smallest absolute Gasteiger partial charge is 0.287 e. The summed E-state index contributed by atoms with van der Waals surface area (Å²) in [5.74, 6) is 0.279. The maximum Gasteiger partial charge on any atom is 0.287 e. The Morgan fingerprint density at radius 2 is 2.15 bits per heavy atom. The number of nitrogens with one attached hydrogen (secondary N) is 1. The first kappa shape index (κ1) is 13.9. The van der Waals surface area contributed by atoms with E-state index in [0.717, 1.165) is 18.2 Å². The first-order chi connectivity index (χ1) is 9.70. The van der Waals surface area contributed by atoms with Crippen LogP contribution in [-0.4, -0.2) is 23.5 Å². The topological polar surface area (TPSA) is 101 Å². The van der Waals surface area contributed by atoms with Crippen LogP contribution in [0, 0.1) is 0 Å². The first-order valence-electron chi connectivity index (χ1n) is 6.44. The van der Waals surface area contributed by atoms with Gasteiger partial charge in [0.15, 0.2) is 5.76 Å². The van der Waals surface area contributed by atoms with Gasteiger partial charge in [0.25, 0.3) is 5.91 Å². The number of carbonyl (C=O) groups excluding carboxylic acids is 1. The third-order valence-corrected chi connectivity index (χ3v) is 2.92. The van der Waals surface area contributed by atoms with E-state index >= 15 is 0 Å². The molecule has 2 aromatic rings. The molecular weight excluding hydrogens is 258 g/mol. The van der Waals surface area contributed by atoms with Crippen molar-refractivity contribution in [3.05, 3.63) is 36.1 Å². The van der Waals surface area contributed by atoms with E-state index in [9.17, 15) is 4.79 Å². The predicted molar refractivity (Wildman–Crippen MR) is 75.8 cm³/mol. The van der Waals surface area contributed by atoms with Crippen molar-refractivity contribution in [2.45, 2.75) is 19.3 Å². The lowest BCUT2D eigenvalue weighted by Crippen LogP contribution is -2.24. The SMILES string of the molecule is NC(CCCCNC(=O)c1cc2ccccc2o1)=NO. The largest absolute Gasteiger partial charge is 0.451 e. The zero-order valence-corrected chi connectivity index (χ0v) is 11.0. The predicted octanol–water partition coefficient (Wildman–Crippen LogP) is 2.08. The molecule has 0 radical (unpaired) electrons. The summed E-state index contributed by atoms with van der Waals surface area (Å²) < 4.78 is 5.46. The van der Waals surface area contributed by atoms with Crippen molar-refractivity contribution in [2.75, 3.05) is 6.54 Å². The van der Waals surface area contributed by atoms with Gasteiger partial charge in [-0.25, -0.2) is 0 Å². The van der Waals surface area contributed by atoms with Crippen LogP contribution in [0.3, 0.4) is 0 Å². The summed E-state index contributed by atoms with van der Waals surface area (Å²) in [6, 6.07) is 9.20. The molecule has 0 atom stereocenters. The molecule has 4 N–H and O–H groups in total. The van der Waals surface area contributed by atoms with Crippen molar-refractivity contribution in [3.63, 3.8) is 0 Å². The molecule has 1 heterocycles. The van der Waals surface area contributed by atoms with Gasteiger partial charge in [0, 0.05) is 18.4 Å². The van der Waals surface area contributed by atoms with Crippen LogP contribution in [0.25, 0.3) is 11.0 Å². The second-order valence-electron chi connectivity index (χ2n) is 4.45. The van der Waals surface area contributed by atoms with Crippen LogP contribution in [0.4, 0.5) is 0 Å². The van der Waals surface area contributed by atoms with Crippen molar-refractivity contribution in [1.29, 1.82) is 0 Å². The van der Waals surface area contributed by atoms with Gasteiger partial charge in [0.1, 0.15) is 11.4 Å². The third-order valence-electron chi connectivity index (χ3n) is 2.92. The Balaban J connectivity index is 1.80. The van der Waals surface area contributed by atoms with Crippen molar-refractivity contribution < 1.29 is 14.4 Å². The highest BCUT2D eigenvalue weighted by molar-refractivity contribution is 5.96. The van der Waals surface area contributed by atoms with Gasteiger partial charge in [-0.3, -0.25) is 4.79 Å². The minimum absolute atomic E-state index is 0.202. The number of amides is 1. The summed E-state index contributed by atoms with van der Waals surface area (Å²) in [6.07, 6.45) is 2.01. The molecule has 0 aliphatic heterocycles. The summed E-state index contributed by atoms with van der Waals surface area (Å²) in [4.78, 5) is 11.9. The monoisotopic (exact) mass is 275 g/mol. The van der Waals surface area contributed by atoms with Crippen molar-refractivity contribution >= 4 is 22.7 Å². The molecule has 2 rings (SSSR count). The number of para-hydroxylation sites is 1. The second-order valence-corrected chi connectivity index (χ2v) is 4.45. The maximum atomic E-state index is 11.9. The quantitative estimate of drug-likeness (QED) is 0.247. The first-order valence-corrected chi connectivity index (χ1v) is 6.44. The number of unbranched alkanes of at least 4 members (excludes halogenated alkanes) is 1. The molecule has 0 spiro atoms. The molecule has 1 amide bonds. The molecule has 0 aliphatic rings. The number of rotatable bonds is 6. The van der Waals surface area contributed by atoms with Crippen LogP contribution < -0.4 is 11.1 Å². The minimum atomic E-state index is -0.231. The molecule has 1 aromatic heterocycles. The van der Waals surface area contributed by atoms with Crippen molar-refractivity contribution in [2.24, 2.45) is 10.9 Å². The molecule has 0 aliphatic carbocycles. The number of nitrogens with zero attached hydrogens (tertiary/aromatic N) is 1. The fourth-order valence-electron chi connectivity index (χ4n) is 1.86. The van der Waals surface area contributed by atoms with E-state index in [1.165, 1.54) is 0 Å². The molecule has 6 nitrogen and oxygen atoms in total. The molecule has 1 aromatic carbocycles. The maximum absolute atomic E-state index is 11.9. The Hall–Kier alpha value is -2.50. The molecular formula is C14H17N3O3. The van der Waals surface area contributed by atoms with Gasteiger partial charge < -0.3 is 20.7 Å². The lowest BCUT2D eigenvalue weighted by atomic mass is 10.2. The van der Waals surface area contributed by atoms with E-state index < -0.39 is 0 Å².